The van der Waals surface area contributed by atoms with Crippen molar-refractivity contribution in [2.45, 2.75) is 6.92 Å². The van der Waals surface area contributed by atoms with Gasteiger partial charge in [0.1, 0.15) is 0 Å². The van der Waals surface area contributed by atoms with E-state index < -0.39 is 0 Å². The lowest BCUT2D eigenvalue weighted by Gasteiger charge is -2.13. The number of carbonyl (C=O) groups is 1. The lowest BCUT2D eigenvalue weighted by molar-refractivity contribution is -0.112. The molecular formula is C25H21N3O. The fraction of sp³-hybridized carbons (Fsp3) is 0.0800. The van der Waals surface area contributed by atoms with E-state index >= 15 is 0 Å². The quantitative estimate of drug-likeness (QED) is 0.346. The number of benzene rings is 3. The number of rotatable bonds is 5. The van der Waals surface area contributed by atoms with Gasteiger partial charge in [0.15, 0.2) is 5.71 Å². The van der Waals surface area contributed by atoms with Crippen LogP contribution in [-0.2, 0) is 4.79 Å². The van der Waals surface area contributed by atoms with Crippen LogP contribution in [0.5, 0.6) is 0 Å². The molecule has 4 rings (SSSR count). The van der Waals surface area contributed by atoms with E-state index in [0.29, 0.717) is 12.3 Å². The molecule has 0 aromatic heterocycles. The van der Waals surface area contributed by atoms with Crippen LogP contribution in [0.15, 0.2) is 102 Å². The van der Waals surface area contributed by atoms with E-state index in [2.05, 4.69) is 41.0 Å². The zero-order valence-corrected chi connectivity index (χ0v) is 16.2. The molecule has 0 radical (unpaired) electrons. The van der Waals surface area contributed by atoms with Crippen molar-refractivity contribution in [3.63, 3.8) is 0 Å². The Morgan fingerprint density at radius 2 is 1.59 bits per heavy atom. The SMILES string of the molecule is C=CCN1C(=O)/C(=N\N=C(\C)c2ccc(-c3ccccc3)cc2)c2ccccc21. The van der Waals surface area contributed by atoms with Crippen LogP contribution in [0.25, 0.3) is 11.1 Å². The van der Waals surface area contributed by atoms with Crippen molar-refractivity contribution < 1.29 is 4.79 Å². The molecule has 4 nitrogen and oxygen atoms in total. The summed E-state index contributed by atoms with van der Waals surface area (Å²) in [6.45, 7) is 6.08. The normalized spacial score (nSPS) is 14.9. The molecule has 29 heavy (non-hydrogen) atoms. The molecule has 1 amide bonds. The Kier molecular flexibility index (Phi) is 5.16. The molecule has 1 aliphatic rings. The van der Waals surface area contributed by atoms with Gasteiger partial charge in [0.05, 0.1) is 11.4 Å². The van der Waals surface area contributed by atoms with Crippen LogP contribution in [-0.4, -0.2) is 23.9 Å². The Balaban J connectivity index is 1.62. The fourth-order valence-corrected chi connectivity index (χ4v) is 3.39. The molecule has 0 saturated carbocycles. The highest BCUT2D eigenvalue weighted by Crippen LogP contribution is 2.29. The molecule has 0 bridgehead atoms. The van der Waals surface area contributed by atoms with Gasteiger partial charge in [-0.3, -0.25) is 4.79 Å². The monoisotopic (exact) mass is 379 g/mol. The van der Waals surface area contributed by atoms with Gasteiger partial charge < -0.3 is 4.90 Å². The average Bonchev–Trinajstić information content (AvgIpc) is 3.04. The second-order valence-electron chi connectivity index (χ2n) is 6.80. The van der Waals surface area contributed by atoms with E-state index in [-0.39, 0.29) is 5.91 Å². The number of hydrogen-bond donors (Lipinski definition) is 0. The summed E-state index contributed by atoms with van der Waals surface area (Å²) in [6.07, 6.45) is 1.71. The van der Waals surface area contributed by atoms with Crippen LogP contribution < -0.4 is 4.90 Å². The van der Waals surface area contributed by atoms with E-state index in [1.807, 2.05) is 61.5 Å². The molecule has 0 spiro atoms. The van der Waals surface area contributed by atoms with Gasteiger partial charge in [-0.05, 0) is 29.7 Å². The first-order chi connectivity index (χ1) is 14.2. The molecule has 142 valence electrons. The van der Waals surface area contributed by atoms with Gasteiger partial charge in [0.25, 0.3) is 5.91 Å². The van der Waals surface area contributed by atoms with Gasteiger partial charge in [-0.1, -0.05) is 78.9 Å². The summed E-state index contributed by atoms with van der Waals surface area (Å²) >= 11 is 0. The lowest BCUT2D eigenvalue weighted by Crippen LogP contribution is -2.30. The third kappa shape index (κ3) is 3.65. The van der Waals surface area contributed by atoms with E-state index in [9.17, 15) is 4.79 Å². The van der Waals surface area contributed by atoms with E-state index in [1.54, 1.807) is 11.0 Å². The Morgan fingerprint density at radius 3 is 2.31 bits per heavy atom. The first-order valence-electron chi connectivity index (χ1n) is 9.49. The number of amides is 1. The van der Waals surface area contributed by atoms with Crippen molar-refractivity contribution in [3.8, 4) is 11.1 Å². The maximum Gasteiger partial charge on any atom is 0.279 e. The lowest BCUT2D eigenvalue weighted by atomic mass is 10.0. The van der Waals surface area contributed by atoms with Crippen molar-refractivity contribution in [3.05, 3.63) is 103 Å². The standard InChI is InChI=1S/C25H21N3O/c1-3-17-28-23-12-8-7-11-22(23)24(25(28)29)27-26-18(2)19-13-15-21(16-14-19)20-9-5-4-6-10-20/h3-16H,1,17H2,2H3/b26-18-,27-24-. The number of para-hydroxylation sites is 1. The summed E-state index contributed by atoms with van der Waals surface area (Å²) in [6, 6.07) is 26.0. The maximum absolute atomic E-state index is 12.8. The summed E-state index contributed by atoms with van der Waals surface area (Å²) in [5.74, 6) is -0.151. The second-order valence-corrected chi connectivity index (χ2v) is 6.80. The van der Waals surface area contributed by atoms with Crippen LogP contribution in [0.3, 0.4) is 0 Å². The topological polar surface area (TPSA) is 45.0 Å². The fourth-order valence-electron chi connectivity index (χ4n) is 3.39. The molecule has 0 aliphatic carbocycles. The first kappa shape index (κ1) is 18.6. The number of carbonyl (C=O) groups excluding carboxylic acids is 1. The smallest absolute Gasteiger partial charge is 0.279 e. The minimum atomic E-state index is -0.151. The first-order valence-corrected chi connectivity index (χ1v) is 9.49. The predicted molar refractivity (Wildman–Crippen MR) is 120 cm³/mol. The highest BCUT2D eigenvalue weighted by molar-refractivity contribution is 6.54. The van der Waals surface area contributed by atoms with E-state index in [1.165, 1.54) is 5.56 Å². The van der Waals surface area contributed by atoms with Crippen molar-refractivity contribution in [2.24, 2.45) is 10.2 Å². The molecule has 0 N–H and O–H groups in total. The van der Waals surface area contributed by atoms with Gasteiger partial charge in [-0.2, -0.15) is 5.10 Å². The molecule has 4 heteroatoms. The minimum absolute atomic E-state index is 0.151. The van der Waals surface area contributed by atoms with Crippen LogP contribution in [0.4, 0.5) is 5.69 Å². The molecule has 0 atom stereocenters. The van der Waals surface area contributed by atoms with Crippen molar-refractivity contribution >= 4 is 23.0 Å². The summed E-state index contributed by atoms with van der Waals surface area (Å²) in [4.78, 5) is 14.4. The van der Waals surface area contributed by atoms with Gasteiger partial charge in [-0.15, -0.1) is 11.7 Å². The number of anilines is 1. The van der Waals surface area contributed by atoms with Crippen LogP contribution in [0.1, 0.15) is 18.1 Å². The van der Waals surface area contributed by atoms with E-state index in [4.69, 9.17) is 0 Å². The molecule has 0 fully saturated rings. The van der Waals surface area contributed by atoms with Gasteiger partial charge >= 0.3 is 0 Å². The van der Waals surface area contributed by atoms with Crippen LogP contribution in [0.2, 0.25) is 0 Å². The summed E-state index contributed by atoms with van der Waals surface area (Å²) in [7, 11) is 0. The second kappa shape index (κ2) is 8.07. The van der Waals surface area contributed by atoms with Gasteiger partial charge in [0.2, 0.25) is 0 Å². The third-order valence-corrected chi connectivity index (χ3v) is 4.92. The molecule has 3 aromatic rings. The zero-order chi connectivity index (χ0) is 20.2. The maximum atomic E-state index is 12.8. The zero-order valence-electron chi connectivity index (χ0n) is 16.2. The average molecular weight is 379 g/mol. The van der Waals surface area contributed by atoms with Crippen LogP contribution >= 0.6 is 0 Å². The van der Waals surface area contributed by atoms with Crippen molar-refractivity contribution in [2.75, 3.05) is 11.4 Å². The Hall–Kier alpha value is -3.79. The number of nitrogens with zero attached hydrogens (tertiary/aromatic N) is 3. The summed E-state index contributed by atoms with van der Waals surface area (Å²) in [5.41, 5.74) is 6.05. The predicted octanol–water partition coefficient (Wildman–Crippen LogP) is 5.10. The molecule has 3 aromatic carbocycles. The van der Waals surface area contributed by atoms with Crippen molar-refractivity contribution in [1.82, 2.24) is 0 Å². The van der Waals surface area contributed by atoms with Gasteiger partial charge in [-0.25, -0.2) is 0 Å². The minimum Gasteiger partial charge on any atom is -0.302 e. The molecule has 0 saturated heterocycles. The summed E-state index contributed by atoms with van der Waals surface area (Å²) < 4.78 is 0. The van der Waals surface area contributed by atoms with Crippen molar-refractivity contribution in [1.29, 1.82) is 0 Å². The van der Waals surface area contributed by atoms with Gasteiger partial charge in [0, 0.05) is 12.1 Å². The molecule has 1 heterocycles. The molecule has 1 aliphatic heterocycles. The highest BCUT2D eigenvalue weighted by atomic mass is 16.2. The number of hydrogen-bond acceptors (Lipinski definition) is 3. The Labute approximate surface area is 170 Å². The Morgan fingerprint density at radius 1 is 0.931 bits per heavy atom. The third-order valence-electron chi connectivity index (χ3n) is 4.92. The largest absolute Gasteiger partial charge is 0.302 e. The highest BCUT2D eigenvalue weighted by Gasteiger charge is 2.33. The Bertz CT molecular complexity index is 1110. The molecule has 0 unspecified atom stereocenters. The van der Waals surface area contributed by atoms with E-state index in [0.717, 1.165) is 28.1 Å². The van der Waals surface area contributed by atoms with Crippen LogP contribution in [0, 0.1) is 0 Å². The number of fused-ring (bicyclic) bond motifs is 1. The summed E-state index contributed by atoms with van der Waals surface area (Å²) in [5, 5.41) is 8.67. The molecular weight excluding hydrogens is 358 g/mol.